The molecule has 1 heterocycles. The minimum Gasteiger partial charge on any atom is -0.497 e. The minimum absolute atomic E-state index is 0.215. The van der Waals surface area contributed by atoms with Crippen LogP contribution >= 0.6 is 0 Å². The van der Waals surface area contributed by atoms with Crippen molar-refractivity contribution >= 4 is 6.09 Å². The van der Waals surface area contributed by atoms with Crippen molar-refractivity contribution in [2.75, 3.05) is 46.9 Å². The Bertz CT molecular complexity index is 439. The molecule has 1 saturated heterocycles. The largest absolute Gasteiger partial charge is 0.497 e. The van der Waals surface area contributed by atoms with Gasteiger partial charge in [-0.1, -0.05) is 12.1 Å². The SMILES string of the molecule is COC(=O)N1CCN(CCCc2ccc(OC)cc2)CC1. The molecule has 0 radical (unpaired) electrons. The van der Waals surface area contributed by atoms with Gasteiger partial charge in [0.1, 0.15) is 5.75 Å². The number of ether oxygens (including phenoxy) is 2. The number of hydrogen-bond donors (Lipinski definition) is 0. The fourth-order valence-electron chi connectivity index (χ4n) is 2.58. The zero-order valence-electron chi connectivity index (χ0n) is 12.9. The lowest BCUT2D eigenvalue weighted by atomic mass is 10.1. The van der Waals surface area contributed by atoms with Crippen molar-refractivity contribution in [2.24, 2.45) is 0 Å². The summed E-state index contributed by atoms with van der Waals surface area (Å²) in [7, 11) is 3.12. The number of benzene rings is 1. The van der Waals surface area contributed by atoms with Gasteiger partial charge in [0.15, 0.2) is 0 Å². The van der Waals surface area contributed by atoms with E-state index in [-0.39, 0.29) is 6.09 Å². The number of amides is 1. The predicted molar refractivity (Wildman–Crippen MR) is 81.7 cm³/mol. The first-order valence-electron chi connectivity index (χ1n) is 7.41. The monoisotopic (exact) mass is 292 g/mol. The average molecular weight is 292 g/mol. The summed E-state index contributed by atoms with van der Waals surface area (Å²) >= 11 is 0. The summed E-state index contributed by atoms with van der Waals surface area (Å²) in [5.41, 5.74) is 1.34. The van der Waals surface area contributed by atoms with Crippen LogP contribution in [0, 0.1) is 0 Å². The Morgan fingerprint density at radius 3 is 2.33 bits per heavy atom. The highest BCUT2D eigenvalue weighted by atomic mass is 16.5. The summed E-state index contributed by atoms with van der Waals surface area (Å²) in [6.07, 6.45) is 1.99. The lowest BCUT2D eigenvalue weighted by molar-refractivity contribution is 0.0907. The molecule has 0 spiro atoms. The summed E-state index contributed by atoms with van der Waals surface area (Å²) in [6, 6.07) is 8.25. The average Bonchev–Trinajstić information content (AvgIpc) is 2.55. The van der Waals surface area contributed by atoms with Crippen molar-refractivity contribution in [1.29, 1.82) is 0 Å². The lowest BCUT2D eigenvalue weighted by Crippen LogP contribution is -2.48. The highest BCUT2D eigenvalue weighted by Crippen LogP contribution is 2.13. The number of carbonyl (C=O) groups excluding carboxylic acids is 1. The summed E-state index contributed by atoms with van der Waals surface area (Å²) in [6.45, 7) is 4.45. The van der Waals surface area contributed by atoms with E-state index in [1.807, 2.05) is 12.1 Å². The molecule has 1 aliphatic heterocycles. The molecule has 21 heavy (non-hydrogen) atoms. The number of aryl methyl sites for hydroxylation is 1. The van der Waals surface area contributed by atoms with Gasteiger partial charge in [-0.3, -0.25) is 4.90 Å². The van der Waals surface area contributed by atoms with Gasteiger partial charge in [-0.15, -0.1) is 0 Å². The topological polar surface area (TPSA) is 42.0 Å². The molecule has 1 aliphatic rings. The molecule has 0 saturated carbocycles. The van der Waals surface area contributed by atoms with E-state index in [1.165, 1.54) is 12.7 Å². The zero-order valence-corrected chi connectivity index (χ0v) is 12.9. The first-order valence-corrected chi connectivity index (χ1v) is 7.41. The Morgan fingerprint density at radius 2 is 1.76 bits per heavy atom. The van der Waals surface area contributed by atoms with Gasteiger partial charge in [0.2, 0.25) is 0 Å². The molecule has 0 N–H and O–H groups in total. The molecule has 2 rings (SSSR count). The van der Waals surface area contributed by atoms with Crippen LogP contribution in [-0.2, 0) is 11.2 Å². The van der Waals surface area contributed by atoms with Crippen molar-refractivity contribution in [3.05, 3.63) is 29.8 Å². The van der Waals surface area contributed by atoms with E-state index >= 15 is 0 Å². The van der Waals surface area contributed by atoms with Gasteiger partial charge >= 0.3 is 6.09 Å². The number of piperazine rings is 1. The molecule has 1 amide bonds. The van der Waals surface area contributed by atoms with Crippen molar-refractivity contribution in [3.63, 3.8) is 0 Å². The van der Waals surface area contributed by atoms with Crippen LogP contribution in [0.25, 0.3) is 0 Å². The van der Waals surface area contributed by atoms with Crippen molar-refractivity contribution < 1.29 is 14.3 Å². The third kappa shape index (κ3) is 4.63. The maximum atomic E-state index is 11.4. The maximum Gasteiger partial charge on any atom is 0.409 e. The predicted octanol–water partition coefficient (Wildman–Crippen LogP) is 2.01. The van der Waals surface area contributed by atoms with Gasteiger partial charge in [-0.2, -0.15) is 0 Å². The minimum atomic E-state index is -0.215. The van der Waals surface area contributed by atoms with Crippen LogP contribution in [0.15, 0.2) is 24.3 Å². The van der Waals surface area contributed by atoms with Gasteiger partial charge in [-0.25, -0.2) is 4.79 Å². The Hall–Kier alpha value is -1.75. The van der Waals surface area contributed by atoms with Crippen molar-refractivity contribution in [2.45, 2.75) is 12.8 Å². The molecule has 0 unspecified atom stereocenters. The fraction of sp³-hybridized carbons (Fsp3) is 0.562. The van der Waals surface area contributed by atoms with E-state index in [0.717, 1.165) is 51.3 Å². The van der Waals surface area contributed by atoms with E-state index in [9.17, 15) is 4.79 Å². The molecule has 0 aliphatic carbocycles. The summed E-state index contributed by atoms with van der Waals surface area (Å²) < 4.78 is 9.90. The van der Waals surface area contributed by atoms with Crippen molar-refractivity contribution in [1.82, 2.24) is 9.80 Å². The number of methoxy groups -OCH3 is 2. The third-order valence-electron chi connectivity index (χ3n) is 3.90. The Labute approximate surface area is 126 Å². The van der Waals surface area contributed by atoms with Crippen LogP contribution in [-0.4, -0.2) is 62.8 Å². The smallest absolute Gasteiger partial charge is 0.409 e. The Kier molecular flexibility index (Phi) is 5.87. The molecule has 1 fully saturated rings. The van der Waals surface area contributed by atoms with E-state index in [4.69, 9.17) is 9.47 Å². The van der Waals surface area contributed by atoms with Gasteiger partial charge in [0.25, 0.3) is 0 Å². The normalized spacial score (nSPS) is 15.8. The zero-order chi connectivity index (χ0) is 15.1. The molecule has 0 atom stereocenters. The van der Waals surface area contributed by atoms with Crippen molar-refractivity contribution in [3.8, 4) is 5.75 Å². The maximum absolute atomic E-state index is 11.4. The molecule has 5 nitrogen and oxygen atoms in total. The first-order chi connectivity index (χ1) is 10.2. The number of rotatable bonds is 5. The summed E-state index contributed by atoms with van der Waals surface area (Å²) in [5, 5.41) is 0. The number of nitrogens with zero attached hydrogens (tertiary/aromatic N) is 2. The van der Waals surface area contributed by atoms with Crippen LogP contribution in [0.2, 0.25) is 0 Å². The second-order valence-corrected chi connectivity index (χ2v) is 5.25. The van der Waals surface area contributed by atoms with Gasteiger partial charge in [0, 0.05) is 26.2 Å². The number of carbonyl (C=O) groups is 1. The van der Waals surface area contributed by atoms with Crippen LogP contribution in [0.4, 0.5) is 4.79 Å². The quantitative estimate of drug-likeness (QED) is 0.832. The highest BCUT2D eigenvalue weighted by molar-refractivity contribution is 5.67. The number of hydrogen-bond acceptors (Lipinski definition) is 4. The van der Waals surface area contributed by atoms with E-state index in [0.29, 0.717) is 0 Å². The van der Waals surface area contributed by atoms with Crippen LogP contribution in [0.5, 0.6) is 5.75 Å². The van der Waals surface area contributed by atoms with Gasteiger partial charge < -0.3 is 14.4 Å². The first kappa shape index (κ1) is 15.6. The van der Waals surface area contributed by atoms with Crippen LogP contribution in [0.3, 0.4) is 0 Å². The second-order valence-electron chi connectivity index (χ2n) is 5.25. The third-order valence-corrected chi connectivity index (χ3v) is 3.90. The summed E-state index contributed by atoms with van der Waals surface area (Å²) in [4.78, 5) is 15.6. The molecule has 1 aromatic carbocycles. The van der Waals surface area contributed by atoms with Crippen LogP contribution in [0.1, 0.15) is 12.0 Å². The molecule has 5 heteroatoms. The second kappa shape index (κ2) is 7.88. The Balaban J connectivity index is 1.66. The van der Waals surface area contributed by atoms with Gasteiger partial charge in [0.05, 0.1) is 14.2 Å². The summed E-state index contributed by atoms with van der Waals surface area (Å²) in [5.74, 6) is 0.901. The molecule has 116 valence electrons. The molecular formula is C16H24N2O3. The Morgan fingerprint density at radius 1 is 1.10 bits per heavy atom. The lowest BCUT2D eigenvalue weighted by Gasteiger charge is -2.33. The van der Waals surface area contributed by atoms with Gasteiger partial charge in [-0.05, 0) is 37.1 Å². The molecule has 0 aromatic heterocycles. The standard InChI is InChI=1S/C16H24N2O3/c1-20-15-7-5-14(6-8-15)4-3-9-17-10-12-18(13-11-17)16(19)21-2/h5-8H,3-4,9-13H2,1-2H3. The van der Waals surface area contributed by atoms with E-state index in [2.05, 4.69) is 17.0 Å². The highest BCUT2D eigenvalue weighted by Gasteiger charge is 2.20. The molecular weight excluding hydrogens is 268 g/mol. The fourth-order valence-corrected chi connectivity index (χ4v) is 2.58. The molecule has 1 aromatic rings. The van der Waals surface area contributed by atoms with Crippen LogP contribution < -0.4 is 4.74 Å². The molecule has 0 bridgehead atoms. The van der Waals surface area contributed by atoms with E-state index in [1.54, 1.807) is 12.0 Å². The van der Waals surface area contributed by atoms with E-state index < -0.39 is 0 Å².